The van der Waals surface area contributed by atoms with Gasteiger partial charge in [-0.25, -0.2) is 0 Å². The van der Waals surface area contributed by atoms with Crippen molar-refractivity contribution in [2.75, 3.05) is 11.5 Å². The van der Waals surface area contributed by atoms with E-state index in [0.29, 0.717) is 0 Å². The Labute approximate surface area is 72.6 Å². The summed E-state index contributed by atoms with van der Waals surface area (Å²) in [5.41, 5.74) is 0. The highest BCUT2D eigenvalue weighted by molar-refractivity contribution is 7.99. The van der Waals surface area contributed by atoms with Gasteiger partial charge in [0.2, 0.25) is 0 Å². The Kier molecular flexibility index (Phi) is 2.19. The Hall–Kier alpha value is 0.700. The molecule has 3 atom stereocenters. The van der Waals surface area contributed by atoms with Gasteiger partial charge in [0.1, 0.15) is 0 Å². The van der Waals surface area contributed by atoms with Crippen LogP contribution in [0.1, 0.15) is 19.3 Å². The fourth-order valence-corrected chi connectivity index (χ4v) is 4.44. The van der Waals surface area contributed by atoms with Crippen LogP contribution in [0.5, 0.6) is 0 Å². The van der Waals surface area contributed by atoms with Crippen LogP contribution in [0.15, 0.2) is 0 Å². The number of rotatable bonds is 0. The van der Waals surface area contributed by atoms with Crippen LogP contribution in [0.2, 0.25) is 0 Å². The molecule has 58 valence electrons. The Bertz CT molecular complexity index is 124. The van der Waals surface area contributed by atoms with E-state index in [9.17, 15) is 0 Å². The van der Waals surface area contributed by atoms with Crippen LogP contribution in [0.25, 0.3) is 0 Å². The summed E-state index contributed by atoms with van der Waals surface area (Å²) in [6.07, 6.45) is 4.27. The Morgan fingerprint density at radius 1 is 1.20 bits per heavy atom. The monoisotopic (exact) mass is 174 g/mol. The third-order valence-electron chi connectivity index (χ3n) is 2.82. The number of hydrogen-bond acceptors (Lipinski definition) is 2. The lowest BCUT2D eigenvalue weighted by atomic mass is 9.81. The summed E-state index contributed by atoms with van der Waals surface area (Å²) in [6, 6.07) is 0. The fourth-order valence-electron chi connectivity index (χ4n) is 2.14. The van der Waals surface area contributed by atoms with Gasteiger partial charge in [0.15, 0.2) is 0 Å². The van der Waals surface area contributed by atoms with Crippen molar-refractivity contribution in [3.05, 3.63) is 0 Å². The minimum Gasteiger partial charge on any atom is -0.176 e. The lowest BCUT2D eigenvalue weighted by Crippen LogP contribution is -2.27. The van der Waals surface area contributed by atoms with Crippen LogP contribution in [-0.4, -0.2) is 16.8 Å². The molecule has 0 nitrogen and oxygen atoms in total. The molecule has 2 rings (SSSR count). The summed E-state index contributed by atoms with van der Waals surface area (Å²) >= 11 is 6.76. The SMILES string of the molecule is SC1CCCC2CSCC12. The number of fused-ring (bicyclic) bond motifs is 1. The molecule has 0 aromatic carbocycles. The lowest BCUT2D eigenvalue weighted by molar-refractivity contribution is 0.311. The molecule has 1 saturated carbocycles. The molecule has 1 heterocycles. The number of hydrogen-bond donors (Lipinski definition) is 1. The van der Waals surface area contributed by atoms with E-state index in [4.69, 9.17) is 0 Å². The zero-order valence-corrected chi connectivity index (χ0v) is 7.83. The molecule has 0 amide bonds. The van der Waals surface area contributed by atoms with Crippen molar-refractivity contribution < 1.29 is 0 Å². The largest absolute Gasteiger partial charge is 0.176 e. The normalized spacial score (nSPS) is 47.1. The van der Waals surface area contributed by atoms with E-state index < -0.39 is 0 Å². The van der Waals surface area contributed by atoms with Gasteiger partial charge < -0.3 is 0 Å². The van der Waals surface area contributed by atoms with Crippen molar-refractivity contribution in [1.29, 1.82) is 0 Å². The molecule has 2 heteroatoms. The first-order valence-corrected chi connectivity index (χ1v) is 5.81. The molecular formula is C8H14S2. The van der Waals surface area contributed by atoms with Crippen molar-refractivity contribution in [2.45, 2.75) is 24.5 Å². The van der Waals surface area contributed by atoms with Crippen molar-refractivity contribution in [3.8, 4) is 0 Å². The molecule has 2 aliphatic rings. The molecule has 0 spiro atoms. The van der Waals surface area contributed by atoms with Gasteiger partial charge in [0.25, 0.3) is 0 Å². The van der Waals surface area contributed by atoms with E-state index in [1.165, 1.54) is 30.8 Å². The zero-order valence-electron chi connectivity index (χ0n) is 6.12. The minimum absolute atomic E-state index is 0.730. The van der Waals surface area contributed by atoms with Crippen molar-refractivity contribution in [1.82, 2.24) is 0 Å². The quantitative estimate of drug-likeness (QED) is 0.550. The summed E-state index contributed by atoms with van der Waals surface area (Å²) < 4.78 is 0. The zero-order chi connectivity index (χ0) is 6.97. The maximum atomic E-state index is 4.62. The molecule has 0 radical (unpaired) electrons. The molecule has 10 heavy (non-hydrogen) atoms. The summed E-state index contributed by atoms with van der Waals surface area (Å²) in [6.45, 7) is 0. The summed E-state index contributed by atoms with van der Waals surface area (Å²) in [7, 11) is 0. The first-order chi connectivity index (χ1) is 4.88. The minimum atomic E-state index is 0.730. The molecule has 0 aromatic rings. The van der Waals surface area contributed by atoms with Crippen LogP contribution in [0.4, 0.5) is 0 Å². The van der Waals surface area contributed by atoms with E-state index in [1.54, 1.807) is 0 Å². The highest BCUT2D eigenvalue weighted by Gasteiger charge is 2.34. The highest BCUT2D eigenvalue weighted by atomic mass is 32.2. The average molecular weight is 174 g/mol. The van der Waals surface area contributed by atoms with E-state index >= 15 is 0 Å². The standard InChI is InChI=1S/C8H14S2/c9-8-3-1-2-6-4-10-5-7(6)8/h6-9H,1-5H2. The average Bonchev–Trinajstić information content (AvgIpc) is 2.36. The molecular weight excluding hydrogens is 160 g/mol. The van der Waals surface area contributed by atoms with Gasteiger partial charge >= 0.3 is 0 Å². The van der Waals surface area contributed by atoms with E-state index in [2.05, 4.69) is 24.4 Å². The van der Waals surface area contributed by atoms with Gasteiger partial charge in [-0.1, -0.05) is 6.42 Å². The third kappa shape index (κ3) is 1.20. The summed E-state index contributed by atoms with van der Waals surface area (Å²) in [4.78, 5) is 0. The summed E-state index contributed by atoms with van der Waals surface area (Å²) in [5.74, 6) is 4.80. The number of thioether (sulfide) groups is 1. The van der Waals surface area contributed by atoms with E-state index in [-0.39, 0.29) is 0 Å². The Morgan fingerprint density at radius 3 is 2.90 bits per heavy atom. The maximum Gasteiger partial charge on any atom is 0.00559 e. The van der Waals surface area contributed by atoms with Crippen LogP contribution in [0.3, 0.4) is 0 Å². The van der Waals surface area contributed by atoms with Gasteiger partial charge in [0, 0.05) is 5.25 Å². The molecule has 1 saturated heterocycles. The third-order valence-corrected chi connectivity index (χ3v) is 4.74. The Morgan fingerprint density at radius 2 is 2.10 bits per heavy atom. The second-order valence-corrected chi connectivity index (χ2v) is 5.20. The van der Waals surface area contributed by atoms with Crippen molar-refractivity contribution >= 4 is 24.4 Å². The molecule has 0 bridgehead atoms. The second-order valence-electron chi connectivity index (χ2n) is 3.46. The second kappa shape index (κ2) is 2.98. The van der Waals surface area contributed by atoms with E-state index in [0.717, 1.165) is 17.1 Å². The van der Waals surface area contributed by atoms with Gasteiger partial charge in [-0.2, -0.15) is 24.4 Å². The number of thiol groups is 1. The van der Waals surface area contributed by atoms with Crippen LogP contribution >= 0.6 is 24.4 Å². The predicted octanol–water partition coefficient (Wildman–Crippen LogP) is 2.45. The van der Waals surface area contributed by atoms with Crippen molar-refractivity contribution in [3.63, 3.8) is 0 Å². The topological polar surface area (TPSA) is 0 Å². The van der Waals surface area contributed by atoms with E-state index in [1.807, 2.05) is 0 Å². The molecule has 3 unspecified atom stereocenters. The van der Waals surface area contributed by atoms with Gasteiger partial charge in [0.05, 0.1) is 0 Å². The van der Waals surface area contributed by atoms with Crippen LogP contribution in [-0.2, 0) is 0 Å². The van der Waals surface area contributed by atoms with Gasteiger partial charge in [-0.05, 0) is 36.2 Å². The fraction of sp³-hybridized carbons (Fsp3) is 1.00. The maximum absolute atomic E-state index is 4.62. The highest BCUT2D eigenvalue weighted by Crippen LogP contribution is 2.42. The predicted molar refractivity (Wildman–Crippen MR) is 50.9 cm³/mol. The van der Waals surface area contributed by atoms with Gasteiger partial charge in [-0.3, -0.25) is 0 Å². The van der Waals surface area contributed by atoms with Crippen LogP contribution in [0, 0.1) is 11.8 Å². The lowest BCUT2D eigenvalue weighted by Gasteiger charge is -2.29. The molecule has 0 N–H and O–H groups in total. The molecule has 0 aromatic heterocycles. The molecule has 2 fully saturated rings. The smallest absolute Gasteiger partial charge is 0.00559 e. The summed E-state index contributed by atoms with van der Waals surface area (Å²) in [5, 5.41) is 0.730. The Balaban J connectivity index is 2.03. The van der Waals surface area contributed by atoms with Gasteiger partial charge in [-0.15, -0.1) is 0 Å². The first-order valence-electron chi connectivity index (χ1n) is 4.14. The first kappa shape index (κ1) is 7.35. The molecule has 1 aliphatic carbocycles. The van der Waals surface area contributed by atoms with Crippen LogP contribution < -0.4 is 0 Å². The molecule has 1 aliphatic heterocycles. The van der Waals surface area contributed by atoms with Crippen molar-refractivity contribution in [2.24, 2.45) is 11.8 Å².